The van der Waals surface area contributed by atoms with Gasteiger partial charge in [-0.3, -0.25) is 0 Å². The number of thiazole rings is 1. The number of hydrogen-bond acceptors (Lipinski definition) is 4. The van der Waals surface area contributed by atoms with E-state index in [-0.39, 0.29) is 6.04 Å². The number of benzene rings is 2. The third kappa shape index (κ3) is 2.53. The van der Waals surface area contributed by atoms with E-state index < -0.39 is 0 Å². The summed E-state index contributed by atoms with van der Waals surface area (Å²) in [5.41, 5.74) is 8.35. The molecule has 1 atom stereocenters. The summed E-state index contributed by atoms with van der Waals surface area (Å²) in [6, 6.07) is 15.8. The summed E-state index contributed by atoms with van der Waals surface area (Å²) in [5, 5.41) is 0.930. The molecule has 3 aromatic rings. The van der Waals surface area contributed by atoms with E-state index in [1.807, 2.05) is 55.5 Å². The topological polar surface area (TPSA) is 48.1 Å². The summed E-state index contributed by atoms with van der Waals surface area (Å²) >= 11 is 1.62. The van der Waals surface area contributed by atoms with Crippen molar-refractivity contribution in [3.63, 3.8) is 0 Å². The van der Waals surface area contributed by atoms with E-state index >= 15 is 0 Å². The van der Waals surface area contributed by atoms with Gasteiger partial charge in [-0.1, -0.05) is 30.3 Å². The number of ether oxygens (including phenoxy) is 1. The Morgan fingerprint density at radius 2 is 2.00 bits per heavy atom. The molecule has 0 spiro atoms. The van der Waals surface area contributed by atoms with Crippen LogP contribution < -0.4 is 10.5 Å². The lowest BCUT2D eigenvalue weighted by atomic mass is 10.1. The first-order valence-electron chi connectivity index (χ1n) is 6.61. The van der Waals surface area contributed by atoms with Gasteiger partial charge in [0, 0.05) is 0 Å². The van der Waals surface area contributed by atoms with Crippen LogP contribution in [0.25, 0.3) is 10.2 Å². The van der Waals surface area contributed by atoms with E-state index in [9.17, 15) is 0 Å². The van der Waals surface area contributed by atoms with Crippen LogP contribution in [0.1, 0.15) is 23.5 Å². The fraction of sp³-hybridized carbons (Fsp3) is 0.188. The number of rotatable bonds is 4. The van der Waals surface area contributed by atoms with Gasteiger partial charge >= 0.3 is 0 Å². The lowest BCUT2D eigenvalue weighted by molar-refractivity contribution is 0.341. The summed E-state index contributed by atoms with van der Waals surface area (Å²) in [6.45, 7) is 2.65. The van der Waals surface area contributed by atoms with Crippen molar-refractivity contribution in [1.82, 2.24) is 4.98 Å². The lowest BCUT2D eigenvalue weighted by Crippen LogP contribution is -2.10. The molecule has 102 valence electrons. The number of nitrogens with two attached hydrogens (primary N) is 1. The molecule has 3 nitrogen and oxygen atoms in total. The molecular weight excluding hydrogens is 268 g/mol. The molecule has 1 aromatic heterocycles. The van der Waals surface area contributed by atoms with E-state index in [1.54, 1.807) is 11.3 Å². The van der Waals surface area contributed by atoms with Crippen LogP contribution in [0.4, 0.5) is 0 Å². The van der Waals surface area contributed by atoms with Gasteiger partial charge in [-0.05, 0) is 30.7 Å². The molecule has 0 fully saturated rings. The monoisotopic (exact) mass is 284 g/mol. The van der Waals surface area contributed by atoms with Crippen molar-refractivity contribution in [2.24, 2.45) is 5.73 Å². The molecule has 0 radical (unpaired) electrons. The van der Waals surface area contributed by atoms with Crippen molar-refractivity contribution in [2.45, 2.75) is 13.0 Å². The summed E-state index contributed by atoms with van der Waals surface area (Å²) in [5.74, 6) is 0.878. The maximum absolute atomic E-state index is 6.29. The molecule has 0 saturated carbocycles. The van der Waals surface area contributed by atoms with Crippen molar-refractivity contribution in [1.29, 1.82) is 0 Å². The van der Waals surface area contributed by atoms with E-state index in [0.29, 0.717) is 6.61 Å². The van der Waals surface area contributed by atoms with Crippen LogP contribution in [0.5, 0.6) is 5.75 Å². The van der Waals surface area contributed by atoms with Crippen LogP contribution in [-0.4, -0.2) is 11.6 Å². The molecule has 20 heavy (non-hydrogen) atoms. The van der Waals surface area contributed by atoms with Crippen LogP contribution in [0, 0.1) is 0 Å². The molecule has 0 bridgehead atoms. The third-order valence-corrected chi connectivity index (χ3v) is 4.21. The van der Waals surface area contributed by atoms with Gasteiger partial charge in [0.05, 0.1) is 22.9 Å². The summed E-state index contributed by atoms with van der Waals surface area (Å²) in [4.78, 5) is 4.63. The van der Waals surface area contributed by atoms with Crippen LogP contribution in [0.3, 0.4) is 0 Å². The first kappa shape index (κ1) is 13.1. The van der Waals surface area contributed by atoms with Crippen LogP contribution in [0.2, 0.25) is 0 Å². The Labute approximate surface area is 122 Å². The first-order valence-corrected chi connectivity index (χ1v) is 7.43. The van der Waals surface area contributed by atoms with Gasteiger partial charge in [-0.2, -0.15) is 0 Å². The predicted octanol–water partition coefficient (Wildman–Crippen LogP) is 3.74. The lowest BCUT2D eigenvalue weighted by Gasteiger charge is -2.07. The maximum Gasteiger partial charge on any atom is 0.120 e. The molecule has 1 unspecified atom stereocenters. The Morgan fingerprint density at radius 3 is 2.75 bits per heavy atom. The zero-order chi connectivity index (χ0) is 13.9. The molecule has 0 saturated heterocycles. The molecule has 1 heterocycles. The van der Waals surface area contributed by atoms with Crippen LogP contribution in [0.15, 0.2) is 48.5 Å². The van der Waals surface area contributed by atoms with Crippen molar-refractivity contribution < 1.29 is 4.74 Å². The molecule has 2 N–H and O–H groups in total. The fourth-order valence-electron chi connectivity index (χ4n) is 2.12. The van der Waals surface area contributed by atoms with Crippen LogP contribution >= 0.6 is 11.3 Å². The second-order valence-electron chi connectivity index (χ2n) is 4.50. The highest BCUT2D eigenvalue weighted by Crippen LogP contribution is 2.31. The van der Waals surface area contributed by atoms with E-state index in [4.69, 9.17) is 10.5 Å². The van der Waals surface area contributed by atoms with Gasteiger partial charge < -0.3 is 10.5 Å². The van der Waals surface area contributed by atoms with Gasteiger partial charge in [0.25, 0.3) is 0 Å². The zero-order valence-electron chi connectivity index (χ0n) is 11.2. The largest absolute Gasteiger partial charge is 0.494 e. The van der Waals surface area contributed by atoms with Crippen molar-refractivity contribution in [3.05, 3.63) is 59.1 Å². The van der Waals surface area contributed by atoms with Crippen LogP contribution in [-0.2, 0) is 0 Å². The molecule has 2 aromatic carbocycles. The molecule has 0 aliphatic rings. The number of fused-ring (bicyclic) bond motifs is 1. The standard InChI is InChI=1S/C16H16N2OS/c1-2-19-12-8-9-13-14(10-12)20-16(18-13)15(17)11-6-4-3-5-7-11/h3-10,15H,2,17H2,1H3. The van der Waals surface area contributed by atoms with Gasteiger partial charge in [-0.15, -0.1) is 11.3 Å². The third-order valence-electron chi connectivity index (χ3n) is 3.11. The molecule has 0 aliphatic carbocycles. The Balaban J connectivity index is 1.96. The quantitative estimate of drug-likeness (QED) is 0.794. The number of nitrogens with zero attached hydrogens (tertiary/aromatic N) is 1. The molecule has 3 rings (SSSR count). The Morgan fingerprint density at radius 1 is 1.20 bits per heavy atom. The van der Waals surface area contributed by atoms with Crippen molar-refractivity contribution >= 4 is 21.6 Å². The van der Waals surface area contributed by atoms with Gasteiger partial charge in [0.1, 0.15) is 10.8 Å². The summed E-state index contributed by atoms with van der Waals surface area (Å²) in [7, 11) is 0. The SMILES string of the molecule is CCOc1ccc2nc(C(N)c3ccccc3)sc2c1. The van der Waals surface area contributed by atoms with Gasteiger partial charge in [0.15, 0.2) is 0 Å². The molecule has 4 heteroatoms. The second-order valence-corrected chi connectivity index (χ2v) is 5.57. The molecule has 0 amide bonds. The smallest absolute Gasteiger partial charge is 0.120 e. The molecule has 0 aliphatic heterocycles. The minimum atomic E-state index is -0.177. The Kier molecular flexibility index (Phi) is 3.67. The maximum atomic E-state index is 6.29. The highest BCUT2D eigenvalue weighted by Gasteiger charge is 2.14. The zero-order valence-corrected chi connectivity index (χ0v) is 12.1. The second kappa shape index (κ2) is 5.61. The Bertz CT molecular complexity index is 709. The normalized spacial score (nSPS) is 12.5. The van der Waals surface area contributed by atoms with Gasteiger partial charge in [0.2, 0.25) is 0 Å². The highest BCUT2D eigenvalue weighted by molar-refractivity contribution is 7.18. The Hall–Kier alpha value is -1.91. The summed E-state index contributed by atoms with van der Waals surface area (Å²) < 4.78 is 6.62. The number of aromatic nitrogens is 1. The van der Waals surface area contributed by atoms with Crippen molar-refractivity contribution in [3.8, 4) is 5.75 Å². The fourth-order valence-corrected chi connectivity index (χ4v) is 3.14. The summed E-state index contributed by atoms with van der Waals surface area (Å²) in [6.07, 6.45) is 0. The molecular formula is C16H16N2OS. The predicted molar refractivity (Wildman–Crippen MR) is 83.3 cm³/mol. The van der Waals surface area contributed by atoms with Gasteiger partial charge in [-0.25, -0.2) is 4.98 Å². The van der Waals surface area contributed by atoms with Crippen molar-refractivity contribution in [2.75, 3.05) is 6.61 Å². The minimum Gasteiger partial charge on any atom is -0.494 e. The van der Waals surface area contributed by atoms with E-state index in [1.165, 1.54) is 0 Å². The average Bonchev–Trinajstić information content (AvgIpc) is 2.91. The minimum absolute atomic E-state index is 0.177. The van der Waals surface area contributed by atoms with E-state index in [0.717, 1.165) is 26.5 Å². The number of hydrogen-bond donors (Lipinski definition) is 1. The van der Waals surface area contributed by atoms with E-state index in [2.05, 4.69) is 4.98 Å². The average molecular weight is 284 g/mol. The highest BCUT2D eigenvalue weighted by atomic mass is 32.1. The first-order chi connectivity index (χ1) is 9.78.